The zero-order chi connectivity index (χ0) is 8.97. The van der Waals surface area contributed by atoms with E-state index in [1.165, 1.54) is 17.7 Å². The van der Waals surface area contributed by atoms with Crippen LogP contribution in [0.1, 0.15) is 37.4 Å². The summed E-state index contributed by atoms with van der Waals surface area (Å²) in [6.45, 7) is 5.43. The minimum atomic E-state index is 0.666. The van der Waals surface area contributed by atoms with Gasteiger partial charge in [0.05, 0.1) is 0 Å². The topological polar surface area (TPSA) is 27.8 Å². The first-order chi connectivity index (χ1) is 5.79. The lowest BCUT2D eigenvalue weighted by atomic mass is 9.99. The average Bonchev–Trinajstić information content (AvgIpc) is 2.52. The second kappa shape index (κ2) is 4.31. The van der Waals surface area contributed by atoms with Gasteiger partial charge in [0.2, 0.25) is 0 Å². The fourth-order valence-electron chi connectivity index (χ4n) is 1.43. The molecule has 0 bridgehead atoms. The highest BCUT2D eigenvalue weighted by Gasteiger charge is 2.08. The van der Waals surface area contributed by atoms with E-state index in [0.29, 0.717) is 5.92 Å². The Labute approximate surface area is 74.4 Å². The largest absolute Gasteiger partial charge is 0.364 e. The van der Waals surface area contributed by atoms with Crippen molar-refractivity contribution in [2.45, 2.75) is 32.7 Å². The van der Waals surface area contributed by atoms with Crippen LogP contribution in [0.15, 0.2) is 12.3 Å². The van der Waals surface area contributed by atoms with Crippen molar-refractivity contribution in [3.8, 4) is 0 Å². The van der Waals surface area contributed by atoms with Gasteiger partial charge in [0.15, 0.2) is 0 Å². The average molecular weight is 166 g/mol. The lowest BCUT2D eigenvalue weighted by molar-refractivity contribution is 0.704. The van der Waals surface area contributed by atoms with Gasteiger partial charge in [-0.2, -0.15) is 0 Å². The van der Waals surface area contributed by atoms with Crippen molar-refractivity contribution in [2.24, 2.45) is 0 Å². The fourth-order valence-corrected chi connectivity index (χ4v) is 1.43. The lowest BCUT2D eigenvalue weighted by Gasteiger charge is -2.09. The number of aromatic amines is 1. The van der Waals surface area contributed by atoms with Crippen molar-refractivity contribution < 1.29 is 0 Å². The molecule has 2 nitrogen and oxygen atoms in total. The quantitative estimate of drug-likeness (QED) is 0.705. The third kappa shape index (κ3) is 1.89. The third-order valence-electron chi connectivity index (χ3n) is 2.37. The molecule has 1 atom stereocenters. The molecule has 0 amide bonds. The Bertz CT molecular complexity index is 227. The molecule has 0 aliphatic heterocycles. The van der Waals surface area contributed by atoms with Crippen molar-refractivity contribution in [2.75, 3.05) is 7.05 Å². The molecule has 68 valence electrons. The summed E-state index contributed by atoms with van der Waals surface area (Å²) < 4.78 is 0. The molecule has 1 aromatic heterocycles. The first kappa shape index (κ1) is 9.33. The predicted octanol–water partition coefficient (Wildman–Crippen LogP) is 2.25. The smallest absolute Gasteiger partial charge is 0.0357 e. The van der Waals surface area contributed by atoms with Crippen LogP contribution in [0.3, 0.4) is 0 Å². The van der Waals surface area contributed by atoms with E-state index >= 15 is 0 Å². The maximum atomic E-state index is 3.26. The van der Waals surface area contributed by atoms with E-state index in [2.05, 4.69) is 30.2 Å². The van der Waals surface area contributed by atoms with Gasteiger partial charge in [0.25, 0.3) is 0 Å². The van der Waals surface area contributed by atoms with Crippen LogP contribution in [0, 0.1) is 0 Å². The van der Waals surface area contributed by atoms with Gasteiger partial charge >= 0.3 is 0 Å². The summed E-state index contributed by atoms with van der Waals surface area (Å²) >= 11 is 0. The summed E-state index contributed by atoms with van der Waals surface area (Å²) in [6, 6.07) is 2.18. The molecule has 0 spiro atoms. The van der Waals surface area contributed by atoms with E-state index in [1.54, 1.807) is 0 Å². The van der Waals surface area contributed by atoms with Crippen LogP contribution >= 0.6 is 0 Å². The molecule has 0 saturated heterocycles. The highest BCUT2D eigenvalue weighted by molar-refractivity contribution is 5.24. The van der Waals surface area contributed by atoms with Crippen LogP contribution in [0.5, 0.6) is 0 Å². The minimum Gasteiger partial charge on any atom is -0.364 e. The van der Waals surface area contributed by atoms with Crippen molar-refractivity contribution in [1.29, 1.82) is 0 Å². The molecule has 1 unspecified atom stereocenters. The summed E-state index contributed by atoms with van der Waals surface area (Å²) in [5, 5.41) is 3.16. The number of hydrogen-bond acceptors (Lipinski definition) is 1. The molecule has 2 N–H and O–H groups in total. The highest BCUT2D eigenvalue weighted by atomic mass is 14.8. The van der Waals surface area contributed by atoms with Crippen molar-refractivity contribution in [3.63, 3.8) is 0 Å². The molecule has 0 aliphatic rings. The van der Waals surface area contributed by atoms with Crippen LogP contribution < -0.4 is 5.32 Å². The van der Waals surface area contributed by atoms with Gasteiger partial charge in [-0.25, -0.2) is 0 Å². The van der Waals surface area contributed by atoms with Crippen LogP contribution in [-0.2, 0) is 6.54 Å². The van der Waals surface area contributed by atoms with E-state index in [1.807, 2.05) is 13.2 Å². The molecule has 1 rings (SSSR count). The zero-order valence-corrected chi connectivity index (χ0v) is 8.15. The summed E-state index contributed by atoms with van der Waals surface area (Å²) in [5.41, 5.74) is 2.78. The Kier molecular flexibility index (Phi) is 3.35. The van der Waals surface area contributed by atoms with E-state index in [4.69, 9.17) is 0 Å². The fraction of sp³-hybridized carbons (Fsp3) is 0.600. The molecule has 12 heavy (non-hydrogen) atoms. The molecule has 1 heterocycles. The number of H-pyrrole nitrogens is 1. The van der Waals surface area contributed by atoms with Gasteiger partial charge in [-0.1, -0.05) is 13.8 Å². The molecule has 2 heteroatoms. The molecular formula is C10H18N2. The van der Waals surface area contributed by atoms with Crippen LogP contribution in [0.4, 0.5) is 0 Å². The minimum absolute atomic E-state index is 0.666. The Morgan fingerprint density at radius 1 is 1.58 bits per heavy atom. The molecule has 0 saturated carbocycles. The molecule has 0 aliphatic carbocycles. The normalized spacial score (nSPS) is 13.2. The third-order valence-corrected chi connectivity index (χ3v) is 2.37. The second-order valence-corrected chi connectivity index (χ2v) is 3.25. The van der Waals surface area contributed by atoms with Gasteiger partial charge in [-0.3, -0.25) is 0 Å². The standard InChI is InChI=1S/C10H18N2/c1-4-8(2)9-5-6-12-10(9)7-11-3/h5-6,8,11-12H,4,7H2,1-3H3. The monoisotopic (exact) mass is 166 g/mol. The highest BCUT2D eigenvalue weighted by Crippen LogP contribution is 2.21. The van der Waals surface area contributed by atoms with Gasteiger partial charge in [-0.05, 0) is 31.0 Å². The first-order valence-corrected chi connectivity index (χ1v) is 4.60. The number of aromatic nitrogens is 1. The Morgan fingerprint density at radius 3 is 2.92 bits per heavy atom. The lowest BCUT2D eigenvalue weighted by Crippen LogP contribution is -2.08. The van der Waals surface area contributed by atoms with Crippen molar-refractivity contribution in [1.82, 2.24) is 10.3 Å². The zero-order valence-electron chi connectivity index (χ0n) is 8.15. The van der Waals surface area contributed by atoms with Gasteiger partial charge in [-0.15, -0.1) is 0 Å². The summed E-state index contributed by atoms with van der Waals surface area (Å²) in [5.74, 6) is 0.666. The van der Waals surface area contributed by atoms with Gasteiger partial charge in [0.1, 0.15) is 0 Å². The van der Waals surface area contributed by atoms with E-state index in [9.17, 15) is 0 Å². The van der Waals surface area contributed by atoms with E-state index < -0.39 is 0 Å². The van der Waals surface area contributed by atoms with E-state index in [0.717, 1.165) is 6.54 Å². The second-order valence-electron chi connectivity index (χ2n) is 3.25. The maximum Gasteiger partial charge on any atom is 0.0357 e. The number of hydrogen-bond donors (Lipinski definition) is 2. The summed E-state index contributed by atoms with van der Waals surface area (Å²) in [7, 11) is 1.97. The van der Waals surface area contributed by atoms with Gasteiger partial charge < -0.3 is 10.3 Å². The van der Waals surface area contributed by atoms with Crippen LogP contribution in [0.2, 0.25) is 0 Å². The molecule has 1 aromatic rings. The Morgan fingerprint density at radius 2 is 2.33 bits per heavy atom. The summed E-state index contributed by atoms with van der Waals surface area (Å²) in [4.78, 5) is 3.26. The summed E-state index contributed by atoms with van der Waals surface area (Å²) in [6.07, 6.45) is 3.22. The molecular weight excluding hydrogens is 148 g/mol. The van der Waals surface area contributed by atoms with Gasteiger partial charge in [0, 0.05) is 18.4 Å². The molecule has 0 radical (unpaired) electrons. The first-order valence-electron chi connectivity index (χ1n) is 4.60. The molecule has 0 fully saturated rings. The van der Waals surface area contributed by atoms with Crippen LogP contribution in [-0.4, -0.2) is 12.0 Å². The maximum absolute atomic E-state index is 3.26. The predicted molar refractivity (Wildman–Crippen MR) is 52.3 cm³/mol. The Balaban J connectivity index is 2.76. The van der Waals surface area contributed by atoms with Crippen molar-refractivity contribution in [3.05, 3.63) is 23.5 Å². The SMILES string of the molecule is CCC(C)c1cc[nH]c1CNC. The number of nitrogens with one attached hydrogen (secondary N) is 2. The van der Waals surface area contributed by atoms with Crippen LogP contribution in [0.25, 0.3) is 0 Å². The number of rotatable bonds is 4. The Hall–Kier alpha value is -0.760. The van der Waals surface area contributed by atoms with Crippen molar-refractivity contribution >= 4 is 0 Å². The molecule has 0 aromatic carbocycles. The van der Waals surface area contributed by atoms with E-state index in [-0.39, 0.29) is 0 Å².